The van der Waals surface area contributed by atoms with E-state index in [9.17, 15) is 0 Å². The van der Waals surface area contributed by atoms with E-state index in [2.05, 4.69) is 78.2 Å². The molecule has 5 nitrogen and oxygen atoms in total. The van der Waals surface area contributed by atoms with Crippen LogP contribution in [0, 0.1) is 13.8 Å². The Morgan fingerprint density at radius 2 is 1.74 bits per heavy atom. The minimum absolute atomic E-state index is 0.428. The molecule has 5 rings (SSSR count). The van der Waals surface area contributed by atoms with Crippen molar-refractivity contribution in [2.24, 2.45) is 0 Å². The number of pyridine rings is 2. The van der Waals surface area contributed by atoms with Crippen LogP contribution < -0.4 is 10.2 Å². The van der Waals surface area contributed by atoms with Crippen LogP contribution in [0.15, 0.2) is 36.5 Å². The molecule has 1 saturated heterocycles. The van der Waals surface area contributed by atoms with Gasteiger partial charge in [0.2, 0.25) is 0 Å². The van der Waals surface area contributed by atoms with Crippen molar-refractivity contribution in [2.45, 2.75) is 33.6 Å². The van der Waals surface area contributed by atoms with Crippen molar-refractivity contribution >= 4 is 27.4 Å². The van der Waals surface area contributed by atoms with Gasteiger partial charge in [-0.2, -0.15) is 0 Å². The predicted octanol–water partition coefficient (Wildman–Crippen LogP) is 5.50. The minimum Gasteiger partial charge on any atom is -0.354 e. The number of hydrogen-bond acceptors (Lipinski definition) is 5. The summed E-state index contributed by atoms with van der Waals surface area (Å²) in [5.74, 6) is 1.50. The van der Waals surface area contributed by atoms with Crippen LogP contribution in [0.5, 0.6) is 0 Å². The highest BCUT2D eigenvalue weighted by molar-refractivity contribution is 7.22. The van der Waals surface area contributed by atoms with E-state index in [1.807, 2.05) is 17.5 Å². The van der Waals surface area contributed by atoms with Crippen molar-refractivity contribution < 1.29 is 0 Å². The maximum atomic E-state index is 4.76. The lowest BCUT2D eigenvalue weighted by atomic mass is 9.99. The van der Waals surface area contributed by atoms with Gasteiger partial charge in [0.15, 0.2) is 0 Å². The summed E-state index contributed by atoms with van der Waals surface area (Å²) in [6.45, 7) is 12.8. The largest absolute Gasteiger partial charge is 0.354 e. The van der Waals surface area contributed by atoms with Gasteiger partial charge in [-0.25, -0.2) is 4.98 Å². The van der Waals surface area contributed by atoms with Gasteiger partial charge in [0.25, 0.3) is 0 Å². The summed E-state index contributed by atoms with van der Waals surface area (Å²) in [7, 11) is 0. The molecule has 0 aliphatic carbocycles. The van der Waals surface area contributed by atoms with Crippen molar-refractivity contribution in [1.82, 2.24) is 20.3 Å². The molecule has 1 aliphatic rings. The molecular formula is C25H29N5S. The van der Waals surface area contributed by atoms with E-state index in [0.29, 0.717) is 5.92 Å². The molecule has 1 fully saturated rings. The monoisotopic (exact) mass is 431 g/mol. The molecule has 2 N–H and O–H groups in total. The van der Waals surface area contributed by atoms with Crippen molar-refractivity contribution in [3.05, 3.63) is 53.5 Å². The van der Waals surface area contributed by atoms with Crippen LogP contribution >= 0.6 is 11.3 Å². The molecule has 160 valence electrons. The van der Waals surface area contributed by atoms with E-state index < -0.39 is 0 Å². The number of aromatic nitrogens is 3. The molecule has 0 unspecified atom stereocenters. The van der Waals surface area contributed by atoms with Crippen molar-refractivity contribution in [1.29, 1.82) is 0 Å². The molecule has 0 aromatic carbocycles. The van der Waals surface area contributed by atoms with Gasteiger partial charge in [0, 0.05) is 59.8 Å². The third kappa shape index (κ3) is 3.86. The molecule has 6 heteroatoms. The summed E-state index contributed by atoms with van der Waals surface area (Å²) in [6.07, 6.45) is 2.02. The number of piperazine rings is 1. The van der Waals surface area contributed by atoms with Crippen LogP contribution in [0.4, 0.5) is 5.82 Å². The van der Waals surface area contributed by atoms with Crippen molar-refractivity contribution in [3.8, 4) is 21.7 Å². The molecule has 0 saturated carbocycles. The van der Waals surface area contributed by atoms with Gasteiger partial charge in [-0.15, -0.1) is 11.3 Å². The van der Waals surface area contributed by atoms with Crippen molar-refractivity contribution in [2.75, 3.05) is 31.1 Å². The van der Waals surface area contributed by atoms with Gasteiger partial charge in [-0.1, -0.05) is 13.8 Å². The second kappa shape index (κ2) is 8.09. The summed E-state index contributed by atoms with van der Waals surface area (Å²) in [5, 5.41) is 3.40. The molecule has 0 bridgehead atoms. The molecule has 0 atom stereocenters. The highest BCUT2D eigenvalue weighted by Gasteiger charge is 2.20. The Bertz CT molecular complexity index is 1190. The van der Waals surface area contributed by atoms with Crippen molar-refractivity contribution in [3.63, 3.8) is 0 Å². The van der Waals surface area contributed by atoms with E-state index >= 15 is 0 Å². The first-order chi connectivity index (χ1) is 15.0. The number of anilines is 1. The first-order valence-electron chi connectivity index (χ1n) is 11.0. The number of rotatable bonds is 4. The summed E-state index contributed by atoms with van der Waals surface area (Å²) in [4.78, 5) is 16.6. The zero-order valence-corrected chi connectivity index (χ0v) is 19.4. The lowest BCUT2D eigenvalue weighted by molar-refractivity contribution is 0.585. The number of fused-ring (bicyclic) bond motifs is 1. The van der Waals surface area contributed by atoms with E-state index in [1.165, 1.54) is 37.5 Å². The van der Waals surface area contributed by atoms with Crippen LogP contribution in [-0.2, 0) is 0 Å². The number of aromatic amines is 1. The zero-order valence-electron chi connectivity index (χ0n) is 18.6. The van der Waals surface area contributed by atoms with Gasteiger partial charge in [-0.05, 0) is 55.7 Å². The van der Waals surface area contributed by atoms with Gasteiger partial charge in [-0.3, -0.25) is 4.98 Å². The van der Waals surface area contributed by atoms with Crippen LogP contribution in [0.1, 0.15) is 36.7 Å². The third-order valence-corrected chi connectivity index (χ3v) is 7.14. The van der Waals surface area contributed by atoms with Gasteiger partial charge in [0.05, 0.1) is 15.9 Å². The number of hydrogen-bond donors (Lipinski definition) is 2. The van der Waals surface area contributed by atoms with Gasteiger partial charge < -0.3 is 15.2 Å². The smallest absolute Gasteiger partial charge is 0.128 e. The topological polar surface area (TPSA) is 56.8 Å². The first kappa shape index (κ1) is 20.2. The van der Waals surface area contributed by atoms with E-state index in [4.69, 9.17) is 4.98 Å². The summed E-state index contributed by atoms with van der Waals surface area (Å²) >= 11 is 1.86. The maximum absolute atomic E-state index is 4.76. The number of H-pyrrole nitrogens is 1. The Morgan fingerprint density at radius 3 is 2.39 bits per heavy atom. The fourth-order valence-corrected chi connectivity index (χ4v) is 5.81. The lowest BCUT2D eigenvalue weighted by Crippen LogP contribution is -2.43. The average molecular weight is 432 g/mol. The van der Waals surface area contributed by atoms with Crippen LogP contribution in [0.3, 0.4) is 0 Å². The minimum atomic E-state index is 0.428. The molecule has 0 radical (unpaired) electrons. The molecule has 5 heterocycles. The first-order valence-corrected chi connectivity index (χ1v) is 11.8. The normalized spacial score (nSPS) is 14.7. The fraction of sp³-hybridized carbons (Fsp3) is 0.360. The van der Waals surface area contributed by atoms with E-state index in [1.54, 1.807) is 0 Å². The quantitative estimate of drug-likeness (QED) is 0.448. The van der Waals surface area contributed by atoms with Crippen LogP contribution in [0.25, 0.3) is 31.9 Å². The Balaban J connectivity index is 1.52. The average Bonchev–Trinajstić information content (AvgIpc) is 3.32. The molecule has 0 spiro atoms. The SMILES string of the molecule is Cc1cc(-c2[nH]c3cc(-c4ccc(N5CCNCC5)nc4)sc3c2C(C)C)cc(C)n1. The Hall–Kier alpha value is -2.70. The molecule has 0 amide bonds. The number of nitrogens with zero attached hydrogens (tertiary/aromatic N) is 3. The summed E-state index contributed by atoms with van der Waals surface area (Å²) in [6, 6.07) is 11.0. The van der Waals surface area contributed by atoms with E-state index in [0.717, 1.165) is 43.4 Å². The molecule has 1 aliphatic heterocycles. The van der Waals surface area contributed by atoms with Gasteiger partial charge in [0.1, 0.15) is 5.82 Å². The third-order valence-electron chi connectivity index (χ3n) is 5.93. The molecule has 4 aromatic rings. The predicted molar refractivity (Wildman–Crippen MR) is 131 cm³/mol. The molecule has 31 heavy (non-hydrogen) atoms. The lowest BCUT2D eigenvalue weighted by Gasteiger charge is -2.28. The number of nitrogens with one attached hydrogen (secondary N) is 2. The number of aryl methyl sites for hydroxylation is 2. The van der Waals surface area contributed by atoms with Gasteiger partial charge >= 0.3 is 0 Å². The summed E-state index contributed by atoms with van der Waals surface area (Å²) < 4.78 is 1.35. The zero-order chi connectivity index (χ0) is 21.5. The highest BCUT2D eigenvalue weighted by atomic mass is 32.1. The second-order valence-electron chi connectivity index (χ2n) is 8.70. The molecule has 4 aromatic heterocycles. The number of thiophene rings is 1. The molecular weight excluding hydrogens is 402 g/mol. The highest BCUT2D eigenvalue weighted by Crippen LogP contribution is 2.42. The fourth-order valence-electron chi connectivity index (χ4n) is 4.51. The Kier molecular flexibility index (Phi) is 5.28. The Morgan fingerprint density at radius 1 is 1.00 bits per heavy atom. The summed E-state index contributed by atoms with van der Waals surface area (Å²) in [5.41, 5.74) is 8.33. The standard InChI is InChI=1S/C25H29N5S/c1-15(2)23-24(19-11-16(3)28-17(4)12-19)29-20-13-21(31-25(20)23)18-5-6-22(27-14-18)30-9-7-26-8-10-30/h5-6,11-15,26,29H,7-10H2,1-4H3. The second-order valence-corrected chi connectivity index (χ2v) is 9.75. The van der Waals surface area contributed by atoms with Crippen LogP contribution in [-0.4, -0.2) is 41.1 Å². The Labute approximate surface area is 187 Å². The van der Waals surface area contributed by atoms with E-state index in [-0.39, 0.29) is 0 Å². The maximum Gasteiger partial charge on any atom is 0.128 e. The van der Waals surface area contributed by atoms with Crippen LogP contribution in [0.2, 0.25) is 0 Å².